The van der Waals surface area contributed by atoms with Gasteiger partial charge >= 0.3 is 5.97 Å². The molecule has 0 unspecified atom stereocenters. The van der Waals surface area contributed by atoms with E-state index in [9.17, 15) is 4.79 Å². The zero-order chi connectivity index (χ0) is 14.8. The fraction of sp³-hybridized carbons (Fsp3) is 0.267. The highest BCUT2D eigenvalue weighted by molar-refractivity contribution is 6.30. The summed E-state index contributed by atoms with van der Waals surface area (Å²) in [5.74, 6) is -0.190. The highest BCUT2D eigenvalue weighted by Crippen LogP contribution is 2.33. The SMILES string of the molecule is O=C(O)c1cc(-c2ccc(Cl)cc2)c(OCC2CC2)nn1. The van der Waals surface area contributed by atoms with Gasteiger partial charge in [-0.05, 0) is 42.5 Å². The summed E-state index contributed by atoms with van der Waals surface area (Å²) in [6.07, 6.45) is 2.33. The average molecular weight is 305 g/mol. The molecule has 0 radical (unpaired) electrons. The van der Waals surface area contributed by atoms with Crippen LogP contribution < -0.4 is 4.74 Å². The Bertz CT molecular complexity index is 669. The second-order valence-corrected chi connectivity index (χ2v) is 5.45. The van der Waals surface area contributed by atoms with E-state index >= 15 is 0 Å². The first-order valence-corrected chi connectivity index (χ1v) is 7.01. The third kappa shape index (κ3) is 3.31. The van der Waals surface area contributed by atoms with Crippen molar-refractivity contribution in [3.63, 3.8) is 0 Å². The predicted octanol–water partition coefficient (Wildman–Crippen LogP) is 3.28. The van der Waals surface area contributed by atoms with E-state index in [0.717, 1.165) is 18.4 Å². The summed E-state index contributed by atoms with van der Waals surface area (Å²) in [5, 5.41) is 17.3. The minimum Gasteiger partial charge on any atom is -0.476 e. The fourth-order valence-corrected chi connectivity index (χ4v) is 2.04. The van der Waals surface area contributed by atoms with Crippen molar-refractivity contribution in [3.05, 3.63) is 41.0 Å². The monoisotopic (exact) mass is 304 g/mol. The van der Waals surface area contributed by atoms with Crippen molar-refractivity contribution in [2.75, 3.05) is 6.61 Å². The van der Waals surface area contributed by atoms with E-state index in [1.54, 1.807) is 24.3 Å². The lowest BCUT2D eigenvalue weighted by Gasteiger charge is -2.10. The molecule has 0 atom stereocenters. The van der Waals surface area contributed by atoms with E-state index in [1.165, 1.54) is 6.07 Å². The molecule has 5 nitrogen and oxygen atoms in total. The van der Waals surface area contributed by atoms with Crippen LogP contribution in [0.1, 0.15) is 23.3 Å². The normalized spacial score (nSPS) is 14.0. The average Bonchev–Trinajstić information content (AvgIpc) is 3.30. The number of carboxylic acid groups (broad SMARTS) is 1. The molecule has 1 aromatic heterocycles. The molecule has 0 saturated heterocycles. The molecule has 21 heavy (non-hydrogen) atoms. The Labute approximate surface area is 126 Å². The van der Waals surface area contributed by atoms with E-state index in [2.05, 4.69) is 10.2 Å². The van der Waals surface area contributed by atoms with Gasteiger partial charge in [-0.15, -0.1) is 10.2 Å². The van der Waals surface area contributed by atoms with Gasteiger partial charge in [-0.3, -0.25) is 0 Å². The van der Waals surface area contributed by atoms with Crippen LogP contribution in [0.5, 0.6) is 5.88 Å². The Morgan fingerprint density at radius 2 is 2.00 bits per heavy atom. The van der Waals surface area contributed by atoms with Crippen molar-refractivity contribution in [2.24, 2.45) is 5.92 Å². The molecule has 1 aromatic carbocycles. The summed E-state index contributed by atoms with van der Waals surface area (Å²) < 4.78 is 5.68. The molecule has 1 saturated carbocycles. The first-order chi connectivity index (χ1) is 10.1. The number of ether oxygens (including phenoxy) is 1. The van der Waals surface area contributed by atoms with Crippen LogP contribution in [0.4, 0.5) is 0 Å². The number of nitrogens with zero attached hydrogens (tertiary/aromatic N) is 2. The van der Waals surface area contributed by atoms with E-state index in [-0.39, 0.29) is 5.69 Å². The molecule has 0 bridgehead atoms. The van der Waals surface area contributed by atoms with Crippen LogP contribution in [0.3, 0.4) is 0 Å². The van der Waals surface area contributed by atoms with Gasteiger partial charge in [-0.25, -0.2) is 4.79 Å². The van der Waals surface area contributed by atoms with Gasteiger partial charge in [0.2, 0.25) is 5.88 Å². The molecule has 2 aromatic rings. The van der Waals surface area contributed by atoms with E-state index in [1.807, 2.05) is 0 Å². The van der Waals surface area contributed by atoms with E-state index < -0.39 is 5.97 Å². The van der Waals surface area contributed by atoms with E-state index in [4.69, 9.17) is 21.4 Å². The number of rotatable bonds is 5. The number of carbonyl (C=O) groups is 1. The lowest BCUT2D eigenvalue weighted by molar-refractivity contribution is 0.0689. The van der Waals surface area contributed by atoms with Crippen LogP contribution in [-0.4, -0.2) is 27.9 Å². The summed E-state index contributed by atoms with van der Waals surface area (Å²) >= 11 is 5.88. The summed E-state index contributed by atoms with van der Waals surface area (Å²) in [6, 6.07) is 8.55. The minimum atomic E-state index is -1.12. The topological polar surface area (TPSA) is 72.3 Å². The van der Waals surface area contributed by atoms with Crippen molar-refractivity contribution < 1.29 is 14.6 Å². The number of hydrogen-bond donors (Lipinski definition) is 1. The first kappa shape index (κ1) is 13.8. The summed E-state index contributed by atoms with van der Waals surface area (Å²) in [7, 11) is 0. The van der Waals surface area contributed by atoms with Crippen LogP contribution in [-0.2, 0) is 0 Å². The summed E-state index contributed by atoms with van der Waals surface area (Å²) in [4.78, 5) is 11.1. The van der Waals surface area contributed by atoms with Crippen molar-refractivity contribution in [3.8, 4) is 17.0 Å². The largest absolute Gasteiger partial charge is 0.476 e. The molecule has 0 amide bonds. The number of hydrogen-bond acceptors (Lipinski definition) is 4. The summed E-state index contributed by atoms with van der Waals surface area (Å²) in [5.41, 5.74) is 1.29. The van der Waals surface area contributed by atoms with Gasteiger partial charge in [0.1, 0.15) is 0 Å². The number of benzene rings is 1. The van der Waals surface area contributed by atoms with Gasteiger partial charge in [0.25, 0.3) is 0 Å². The van der Waals surface area contributed by atoms with E-state index in [0.29, 0.717) is 29.0 Å². The Hall–Kier alpha value is -2.14. The van der Waals surface area contributed by atoms with Gasteiger partial charge in [-0.2, -0.15) is 0 Å². The zero-order valence-electron chi connectivity index (χ0n) is 11.1. The maximum atomic E-state index is 11.1. The molecular weight excluding hydrogens is 292 g/mol. The van der Waals surface area contributed by atoms with Gasteiger partial charge in [0.15, 0.2) is 5.69 Å². The quantitative estimate of drug-likeness (QED) is 0.917. The van der Waals surface area contributed by atoms with Gasteiger partial charge in [0, 0.05) is 10.6 Å². The molecule has 1 heterocycles. The minimum absolute atomic E-state index is 0.112. The predicted molar refractivity (Wildman–Crippen MR) is 77.7 cm³/mol. The molecule has 6 heteroatoms. The Morgan fingerprint density at radius 1 is 1.29 bits per heavy atom. The maximum absolute atomic E-state index is 11.1. The van der Waals surface area contributed by atoms with Crippen molar-refractivity contribution >= 4 is 17.6 Å². The van der Waals surface area contributed by atoms with Crippen molar-refractivity contribution in [1.82, 2.24) is 10.2 Å². The third-order valence-corrected chi connectivity index (χ3v) is 3.54. The Morgan fingerprint density at radius 3 is 2.62 bits per heavy atom. The molecular formula is C15H13ClN2O3. The molecule has 1 N–H and O–H groups in total. The summed E-state index contributed by atoms with van der Waals surface area (Å²) in [6.45, 7) is 0.585. The second-order valence-electron chi connectivity index (χ2n) is 5.01. The Balaban J connectivity index is 1.97. The van der Waals surface area contributed by atoms with Crippen LogP contribution in [0.15, 0.2) is 30.3 Å². The smallest absolute Gasteiger partial charge is 0.356 e. The van der Waals surface area contributed by atoms with Crippen LogP contribution >= 0.6 is 11.6 Å². The number of halogens is 1. The highest BCUT2D eigenvalue weighted by Gasteiger charge is 2.23. The van der Waals surface area contributed by atoms with Crippen molar-refractivity contribution in [1.29, 1.82) is 0 Å². The number of aromatic nitrogens is 2. The van der Waals surface area contributed by atoms with Gasteiger partial charge < -0.3 is 9.84 Å². The van der Waals surface area contributed by atoms with Gasteiger partial charge in [0.05, 0.1) is 6.61 Å². The van der Waals surface area contributed by atoms with Crippen LogP contribution in [0.2, 0.25) is 5.02 Å². The van der Waals surface area contributed by atoms with Crippen LogP contribution in [0.25, 0.3) is 11.1 Å². The molecule has 1 aliphatic carbocycles. The zero-order valence-corrected chi connectivity index (χ0v) is 11.9. The molecule has 1 aliphatic rings. The van der Waals surface area contributed by atoms with Crippen molar-refractivity contribution in [2.45, 2.75) is 12.8 Å². The third-order valence-electron chi connectivity index (χ3n) is 3.29. The molecule has 108 valence electrons. The number of carboxylic acids is 1. The molecule has 0 spiro atoms. The van der Waals surface area contributed by atoms with Crippen LogP contribution in [0, 0.1) is 5.92 Å². The molecule has 1 fully saturated rings. The maximum Gasteiger partial charge on any atom is 0.356 e. The second kappa shape index (κ2) is 5.69. The first-order valence-electron chi connectivity index (χ1n) is 6.63. The lowest BCUT2D eigenvalue weighted by Crippen LogP contribution is -2.07. The van der Waals surface area contributed by atoms with Gasteiger partial charge in [-0.1, -0.05) is 23.7 Å². The highest BCUT2D eigenvalue weighted by atomic mass is 35.5. The fourth-order valence-electron chi connectivity index (χ4n) is 1.91. The molecule has 0 aliphatic heterocycles. The Kier molecular flexibility index (Phi) is 3.75. The molecule has 3 rings (SSSR count). The lowest BCUT2D eigenvalue weighted by atomic mass is 10.1. The number of aromatic carboxylic acids is 1. The standard InChI is InChI=1S/C15H13ClN2O3/c16-11-5-3-10(4-6-11)12-7-13(15(19)20)17-18-14(12)21-8-9-1-2-9/h3-7,9H,1-2,8H2,(H,19,20).